The Bertz CT molecular complexity index is 469. The van der Waals surface area contributed by atoms with Gasteiger partial charge in [-0.2, -0.15) is 0 Å². The fraction of sp³-hybridized carbons (Fsp3) is 0.733. The lowest BCUT2D eigenvalue weighted by Gasteiger charge is -2.28. The lowest BCUT2D eigenvalue weighted by molar-refractivity contribution is -0.148. The molecule has 2 atom stereocenters. The summed E-state index contributed by atoms with van der Waals surface area (Å²) in [4.78, 5) is 16.3. The third kappa shape index (κ3) is 2.73. The van der Waals surface area contributed by atoms with Crippen molar-refractivity contribution >= 4 is 5.97 Å². The summed E-state index contributed by atoms with van der Waals surface area (Å²) in [5, 5.41) is 0. The molecule has 0 radical (unpaired) electrons. The molecular weight excluding hydrogens is 254 g/mol. The Balaban J connectivity index is 2.03. The molecule has 1 fully saturated rings. The normalized spacial score (nSPS) is 26.1. The summed E-state index contributed by atoms with van der Waals surface area (Å²) < 4.78 is 7.05. The predicted molar refractivity (Wildman–Crippen MR) is 77.2 cm³/mol. The SMILES string of the molecule is COC(=O)C1(N)CCCC1CCn1ccnc1C(C)C. The molecule has 2 rings (SSSR count). The highest BCUT2D eigenvalue weighted by atomic mass is 16.5. The second-order valence-electron chi connectivity index (χ2n) is 6.04. The number of aromatic nitrogens is 2. The lowest BCUT2D eigenvalue weighted by Crippen LogP contribution is -2.51. The molecular formula is C15H25N3O2. The molecule has 1 aliphatic carbocycles. The Kier molecular flexibility index (Phi) is 4.48. The molecule has 0 aliphatic heterocycles. The summed E-state index contributed by atoms with van der Waals surface area (Å²) in [6.07, 6.45) is 7.45. The number of ether oxygens (including phenoxy) is 1. The zero-order chi connectivity index (χ0) is 14.8. The van der Waals surface area contributed by atoms with Gasteiger partial charge in [-0.1, -0.05) is 20.3 Å². The first-order chi connectivity index (χ1) is 9.49. The van der Waals surface area contributed by atoms with E-state index in [0.29, 0.717) is 5.92 Å². The fourth-order valence-corrected chi connectivity index (χ4v) is 3.27. The van der Waals surface area contributed by atoms with Crippen molar-refractivity contribution in [2.24, 2.45) is 11.7 Å². The number of nitrogens with zero attached hydrogens (tertiary/aromatic N) is 2. The second-order valence-corrected chi connectivity index (χ2v) is 6.04. The molecule has 0 aromatic carbocycles. The number of aryl methyl sites for hydroxylation is 1. The van der Waals surface area contributed by atoms with Gasteiger partial charge in [0.05, 0.1) is 7.11 Å². The molecule has 0 saturated heterocycles. The summed E-state index contributed by atoms with van der Waals surface area (Å²) in [5.74, 6) is 1.41. The van der Waals surface area contributed by atoms with Crippen LogP contribution < -0.4 is 5.73 Å². The second kappa shape index (κ2) is 5.95. The Morgan fingerprint density at radius 1 is 1.65 bits per heavy atom. The number of hydrogen-bond donors (Lipinski definition) is 1. The van der Waals surface area contributed by atoms with Gasteiger partial charge in [-0.25, -0.2) is 4.98 Å². The zero-order valence-corrected chi connectivity index (χ0v) is 12.6. The van der Waals surface area contributed by atoms with Crippen molar-refractivity contribution in [2.75, 3.05) is 7.11 Å². The maximum absolute atomic E-state index is 11.9. The minimum Gasteiger partial charge on any atom is -0.468 e. The number of carbonyl (C=O) groups excluding carboxylic acids is 1. The molecule has 5 nitrogen and oxygen atoms in total. The molecule has 1 aliphatic rings. The van der Waals surface area contributed by atoms with E-state index in [1.54, 1.807) is 0 Å². The van der Waals surface area contributed by atoms with Gasteiger partial charge in [-0.3, -0.25) is 4.79 Å². The standard InChI is InChI=1S/C15H25N3O2/c1-11(2)13-17-8-10-18(13)9-6-12-5-4-7-15(12,16)14(19)20-3/h8,10-12H,4-7,9,16H2,1-3H3. The highest BCUT2D eigenvalue weighted by molar-refractivity contribution is 5.81. The van der Waals surface area contributed by atoms with Crippen LogP contribution in [0.1, 0.15) is 51.3 Å². The number of rotatable bonds is 5. The van der Waals surface area contributed by atoms with Crippen molar-refractivity contribution in [1.29, 1.82) is 0 Å². The van der Waals surface area contributed by atoms with Gasteiger partial charge in [0, 0.05) is 24.9 Å². The van der Waals surface area contributed by atoms with E-state index in [0.717, 1.165) is 38.1 Å². The van der Waals surface area contributed by atoms with Crippen LogP contribution in [0.3, 0.4) is 0 Å². The highest BCUT2D eigenvalue weighted by Crippen LogP contribution is 2.37. The number of esters is 1. The van der Waals surface area contributed by atoms with E-state index in [9.17, 15) is 4.79 Å². The molecule has 1 aromatic heterocycles. The summed E-state index contributed by atoms with van der Waals surface area (Å²) in [6, 6.07) is 0. The Morgan fingerprint density at radius 2 is 2.40 bits per heavy atom. The van der Waals surface area contributed by atoms with Gasteiger partial charge >= 0.3 is 5.97 Å². The van der Waals surface area contributed by atoms with E-state index in [-0.39, 0.29) is 11.9 Å². The van der Waals surface area contributed by atoms with Crippen LogP contribution in [0.25, 0.3) is 0 Å². The number of nitrogens with two attached hydrogens (primary N) is 1. The van der Waals surface area contributed by atoms with Gasteiger partial charge in [0.15, 0.2) is 0 Å². The zero-order valence-electron chi connectivity index (χ0n) is 12.6. The van der Waals surface area contributed by atoms with Crippen LogP contribution in [-0.4, -0.2) is 28.2 Å². The number of imidazole rings is 1. The van der Waals surface area contributed by atoms with E-state index in [2.05, 4.69) is 23.4 Å². The van der Waals surface area contributed by atoms with Gasteiger partial charge < -0.3 is 15.0 Å². The Hall–Kier alpha value is -1.36. The van der Waals surface area contributed by atoms with Gasteiger partial charge in [0.2, 0.25) is 0 Å². The van der Waals surface area contributed by atoms with Crippen LogP contribution in [0, 0.1) is 5.92 Å². The predicted octanol–water partition coefficient (Wildman–Crippen LogP) is 2.07. The van der Waals surface area contributed by atoms with Crippen molar-refractivity contribution in [3.05, 3.63) is 18.2 Å². The van der Waals surface area contributed by atoms with Crippen molar-refractivity contribution in [3.63, 3.8) is 0 Å². The molecule has 2 unspecified atom stereocenters. The maximum Gasteiger partial charge on any atom is 0.326 e. The molecule has 20 heavy (non-hydrogen) atoms. The monoisotopic (exact) mass is 279 g/mol. The van der Waals surface area contributed by atoms with Gasteiger partial charge in [0.1, 0.15) is 11.4 Å². The molecule has 1 saturated carbocycles. The smallest absolute Gasteiger partial charge is 0.326 e. The third-order valence-corrected chi connectivity index (χ3v) is 4.42. The van der Waals surface area contributed by atoms with Gasteiger partial charge in [-0.05, 0) is 25.2 Å². The number of carbonyl (C=O) groups is 1. The number of hydrogen-bond acceptors (Lipinski definition) is 4. The summed E-state index contributed by atoms with van der Waals surface area (Å²) >= 11 is 0. The molecule has 0 bridgehead atoms. The Labute approximate surface area is 120 Å². The van der Waals surface area contributed by atoms with Crippen LogP contribution in [0.4, 0.5) is 0 Å². The average Bonchev–Trinajstić information content (AvgIpc) is 3.02. The fourth-order valence-electron chi connectivity index (χ4n) is 3.27. The van der Waals surface area contributed by atoms with Crippen LogP contribution in [0.5, 0.6) is 0 Å². The highest BCUT2D eigenvalue weighted by Gasteiger charge is 2.46. The molecule has 1 aromatic rings. The molecule has 0 spiro atoms. The van der Waals surface area contributed by atoms with Crippen molar-refractivity contribution < 1.29 is 9.53 Å². The lowest BCUT2D eigenvalue weighted by atomic mass is 9.85. The minimum absolute atomic E-state index is 0.192. The van der Waals surface area contributed by atoms with Crippen molar-refractivity contribution in [2.45, 2.75) is 57.5 Å². The summed E-state index contributed by atoms with van der Waals surface area (Å²) in [5.41, 5.74) is 5.50. The first kappa shape index (κ1) is 15.0. The van der Waals surface area contributed by atoms with Crippen LogP contribution >= 0.6 is 0 Å². The first-order valence-corrected chi connectivity index (χ1v) is 7.37. The van der Waals surface area contributed by atoms with E-state index >= 15 is 0 Å². The Morgan fingerprint density at radius 3 is 3.05 bits per heavy atom. The quantitative estimate of drug-likeness (QED) is 0.838. The molecule has 112 valence electrons. The molecule has 5 heteroatoms. The van der Waals surface area contributed by atoms with E-state index in [1.807, 2.05) is 12.4 Å². The largest absolute Gasteiger partial charge is 0.468 e. The van der Waals surface area contributed by atoms with E-state index < -0.39 is 5.54 Å². The minimum atomic E-state index is -0.798. The number of methoxy groups -OCH3 is 1. The van der Waals surface area contributed by atoms with Crippen LogP contribution in [0.2, 0.25) is 0 Å². The van der Waals surface area contributed by atoms with Gasteiger partial charge in [0.25, 0.3) is 0 Å². The molecule has 1 heterocycles. The van der Waals surface area contributed by atoms with Crippen molar-refractivity contribution in [3.8, 4) is 0 Å². The van der Waals surface area contributed by atoms with E-state index in [4.69, 9.17) is 10.5 Å². The maximum atomic E-state index is 11.9. The van der Waals surface area contributed by atoms with Gasteiger partial charge in [-0.15, -0.1) is 0 Å². The van der Waals surface area contributed by atoms with Crippen LogP contribution in [-0.2, 0) is 16.1 Å². The molecule has 0 amide bonds. The first-order valence-electron chi connectivity index (χ1n) is 7.37. The average molecular weight is 279 g/mol. The van der Waals surface area contributed by atoms with E-state index in [1.165, 1.54) is 7.11 Å². The molecule has 2 N–H and O–H groups in total. The van der Waals surface area contributed by atoms with Crippen LogP contribution in [0.15, 0.2) is 12.4 Å². The summed E-state index contributed by atoms with van der Waals surface area (Å²) in [6.45, 7) is 5.13. The summed E-state index contributed by atoms with van der Waals surface area (Å²) in [7, 11) is 1.42. The topological polar surface area (TPSA) is 70.1 Å². The third-order valence-electron chi connectivity index (χ3n) is 4.42. The van der Waals surface area contributed by atoms with Crippen molar-refractivity contribution in [1.82, 2.24) is 9.55 Å².